The van der Waals surface area contributed by atoms with Gasteiger partial charge in [0.15, 0.2) is 0 Å². The van der Waals surface area contributed by atoms with E-state index in [2.05, 4.69) is 15.9 Å². The highest BCUT2D eigenvalue weighted by Gasteiger charge is 2.05. The van der Waals surface area contributed by atoms with Crippen LogP contribution >= 0.6 is 15.9 Å². The summed E-state index contributed by atoms with van der Waals surface area (Å²) in [5.41, 5.74) is 5.39. The lowest BCUT2D eigenvalue weighted by molar-refractivity contribution is 0.228. The first-order chi connectivity index (χ1) is 6.13. The molecule has 1 aromatic carbocycles. The Kier molecular flexibility index (Phi) is 3.69. The molecule has 13 heavy (non-hydrogen) atoms. The van der Waals surface area contributed by atoms with Crippen LogP contribution in [-0.4, -0.2) is 12.6 Å². The summed E-state index contributed by atoms with van der Waals surface area (Å²) in [7, 11) is 0. The topological polar surface area (TPSA) is 35.2 Å². The number of hydrogen-bond acceptors (Lipinski definition) is 2. The normalized spacial score (nSPS) is 12.6. The minimum Gasteiger partial charge on any atom is -0.488 e. The Balaban J connectivity index is 2.77. The van der Waals surface area contributed by atoms with Crippen molar-refractivity contribution in [1.29, 1.82) is 0 Å². The molecule has 0 aromatic heterocycles. The SMILES string of the molecule is CC(CN)Oc1ccc(F)cc1Br. The summed E-state index contributed by atoms with van der Waals surface area (Å²) >= 11 is 3.20. The Morgan fingerprint density at radius 2 is 2.31 bits per heavy atom. The van der Waals surface area contributed by atoms with Crippen LogP contribution in [0, 0.1) is 5.82 Å². The summed E-state index contributed by atoms with van der Waals surface area (Å²) in [5.74, 6) is 0.318. The molecule has 1 aromatic rings. The largest absolute Gasteiger partial charge is 0.488 e. The lowest BCUT2D eigenvalue weighted by atomic mass is 10.3. The molecule has 0 fully saturated rings. The van der Waals surface area contributed by atoms with E-state index in [9.17, 15) is 4.39 Å². The quantitative estimate of drug-likeness (QED) is 0.890. The molecular formula is C9H11BrFNO. The van der Waals surface area contributed by atoms with Crippen LogP contribution in [0.4, 0.5) is 4.39 Å². The molecule has 0 aliphatic heterocycles. The molecular weight excluding hydrogens is 237 g/mol. The first-order valence-corrected chi connectivity index (χ1v) is 4.74. The van der Waals surface area contributed by atoms with Gasteiger partial charge in [-0.3, -0.25) is 0 Å². The highest BCUT2D eigenvalue weighted by molar-refractivity contribution is 9.10. The van der Waals surface area contributed by atoms with Crippen LogP contribution in [-0.2, 0) is 0 Å². The summed E-state index contributed by atoms with van der Waals surface area (Å²) in [4.78, 5) is 0. The van der Waals surface area contributed by atoms with Gasteiger partial charge < -0.3 is 10.5 Å². The molecule has 0 heterocycles. The third-order valence-corrected chi connectivity index (χ3v) is 2.17. The van der Waals surface area contributed by atoms with Crippen molar-refractivity contribution < 1.29 is 9.13 Å². The zero-order valence-electron chi connectivity index (χ0n) is 7.26. The summed E-state index contributed by atoms with van der Waals surface area (Å²) in [6.45, 7) is 2.29. The molecule has 0 aliphatic rings. The van der Waals surface area contributed by atoms with Crippen molar-refractivity contribution in [1.82, 2.24) is 0 Å². The van der Waals surface area contributed by atoms with Crippen molar-refractivity contribution in [3.8, 4) is 5.75 Å². The summed E-state index contributed by atoms with van der Waals surface area (Å²) in [6, 6.07) is 4.29. The standard InChI is InChI=1S/C9H11BrFNO/c1-6(5-12)13-9-3-2-7(11)4-8(9)10/h2-4,6H,5,12H2,1H3. The minimum atomic E-state index is -0.292. The van der Waals surface area contributed by atoms with Gasteiger partial charge in [-0.05, 0) is 41.1 Å². The molecule has 4 heteroatoms. The van der Waals surface area contributed by atoms with Crippen LogP contribution in [0.25, 0.3) is 0 Å². The fraction of sp³-hybridized carbons (Fsp3) is 0.333. The van der Waals surface area contributed by atoms with E-state index >= 15 is 0 Å². The summed E-state index contributed by atoms with van der Waals surface area (Å²) in [6.07, 6.45) is -0.0678. The van der Waals surface area contributed by atoms with Crippen LogP contribution in [0.2, 0.25) is 0 Å². The maximum absolute atomic E-state index is 12.7. The number of benzene rings is 1. The predicted molar refractivity (Wildman–Crippen MR) is 53.2 cm³/mol. The van der Waals surface area contributed by atoms with Crippen molar-refractivity contribution in [2.45, 2.75) is 13.0 Å². The van der Waals surface area contributed by atoms with E-state index in [1.54, 1.807) is 6.07 Å². The molecule has 0 spiro atoms. The lowest BCUT2D eigenvalue weighted by Crippen LogP contribution is -2.22. The van der Waals surface area contributed by atoms with Gasteiger partial charge >= 0.3 is 0 Å². The highest BCUT2D eigenvalue weighted by Crippen LogP contribution is 2.26. The van der Waals surface area contributed by atoms with Gasteiger partial charge in [0.1, 0.15) is 17.7 Å². The van der Waals surface area contributed by atoms with Gasteiger partial charge in [-0.1, -0.05) is 0 Å². The van der Waals surface area contributed by atoms with Crippen LogP contribution in [0.1, 0.15) is 6.92 Å². The maximum Gasteiger partial charge on any atom is 0.134 e. The zero-order chi connectivity index (χ0) is 9.84. The van der Waals surface area contributed by atoms with E-state index in [0.29, 0.717) is 16.8 Å². The molecule has 2 N–H and O–H groups in total. The molecule has 0 amide bonds. The Morgan fingerprint density at radius 1 is 1.62 bits per heavy atom. The van der Waals surface area contributed by atoms with E-state index in [1.807, 2.05) is 6.92 Å². The van der Waals surface area contributed by atoms with Gasteiger partial charge in [0.25, 0.3) is 0 Å². The Hall–Kier alpha value is -0.610. The van der Waals surface area contributed by atoms with Gasteiger partial charge in [0, 0.05) is 6.54 Å². The van der Waals surface area contributed by atoms with Crippen molar-refractivity contribution in [2.75, 3.05) is 6.54 Å². The fourth-order valence-electron chi connectivity index (χ4n) is 0.836. The third kappa shape index (κ3) is 2.97. The van der Waals surface area contributed by atoms with Crippen LogP contribution in [0.5, 0.6) is 5.75 Å². The first-order valence-electron chi connectivity index (χ1n) is 3.95. The number of hydrogen-bond donors (Lipinski definition) is 1. The molecule has 0 saturated heterocycles. The Morgan fingerprint density at radius 3 is 2.85 bits per heavy atom. The fourth-order valence-corrected chi connectivity index (χ4v) is 1.28. The van der Waals surface area contributed by atoms with Crippen molar-refractivity contribution in [3.05, 3.63) is 28.5 Å². The molecule has 0 aliphatic carbocycles. The molecule has 1 unspecified atom stereocenters. The van der Waals surface area contributed by atoms with Gasteiger partial charge in [-0.2, -0.15) is 0 Å². The average molecular weight is 248 g/mol. The zero-order valence-corrected chi connectivity index (χ0v) is 8.84. The number of nitrogens with two attached hydrogens (primary N) is 1. The summed E-state index contributed by atoms with van der Waals surface area (Å²) < 4.78 is 18.7. The van der Waals surface area contributed by atoms with Gasteiger partial charge in [-0.15, -0.1) is 0 Å². The molecule has 72 valence electrons. The first kappa shape index (κ1) is 10.5. The van der Waals surface area contributed by atoms with E-state index in [4.69, 9.17) is 10.5 Å². The molecule has 0 radical (unpaired) electrons. The van der Waals surface area contributed by atoms with E-state index in [0.717, 1.165) is 0 Å². The van der Waals surface area contributed by atoms with E-state index in [1.165, 1.54) is 12.1 Å². The van der Waals surface area contributed by atoms with E-state index < -0.39 is 0 Å². The maximum atomic E-state index is 12.7. The van der Waals surface area contributed by atoms with Gasteiger partial charge in [0.05, 0.1) is 4.47 Å². The lowest BCUT2D eigenvalue weighted by Gasteiger charge is -2.13. The number of halogens is 2. The molecule has 0 bridgehead atoms. The molecule has 0 saturated carbocycles. The monoisotopic (exact) mass is 247 g/mol. The van der Waals surface area contributed by atoms with Crippen LogP contribution in [0.3, 0.4) is 0 Å². The van der Waals surface area contributed by atoms with Gasteiger partial charge in [-0.25, -0.2) is 4.39 Å². The second kappa shape index (κ2) is 4.58. The smallest absolute Gasteiger partial charge is 0.134 e. The third-order valence-electron chi connectivity index (χ3n) is 1.55. The highest BCUT2D eigenvalue weighted by atomic mass is 79.9. The van der Waals surface area contributed by atoms with Crippen LogP contribution in [0.15, 0.2) is 22.7 Å². The molecule has 1 rings (SSSR count). The van der Waals surface area contributed by atoms with Crippen LogP contribution < -0.4 is 10.5 Å². The van der Waals surface area contributed by atoms with Crippen molar-refractivity contribution in [2.24, 2.45) is 5.73 Å². The van der Waals surface area contributed by atoms with Crippen molar-refractivity contribution in [3.63, 3.8) is 0 Å². The number of rotatable bonds is 3. The minimum absolute atomic E-state index is 0.0678. The van der Waals surface area contributed by atoms with Gasteiger partial charge in [0.2, 0.25) is 0 Å². The molecule has 2 nitrogen and oxygen atoms in total. The second-order valence-electron chi connectivity index (χ2n) is 2.74. The second-order valence-corrected chi connectivity index (χ2v) is 3.59. The Labute approximate surface area is 85.0 Å². The average Bonchev–Trinajstić information content (AvgIpc) is 2.09. The Bertz CT molecular complexity index is 293. The number of ether oxygens (including phenoxy) is 1. The summed E-state index contributed by atoms with van der Waals surface area (Å²) in [5, 5.41) is 0. The van der Waals surface area contributed by atoms with E-state index in [-0.39, 0.29) is 11.9 Å². The van der Waals surface area contributed by atoms with Crippen molar-refractivity contribution >= 4 is 15.9 Å². The molecule has 1 atom stereocenters. The predicted octanol–water partition coefficient (Wildman–Crippen LogP) is 2.31.